The van der Waals surface area contributed by atoms with Gasteiger partial charge in [0, 0.05) is 0 Å². The highest BCUT2D eigenvalue weighted by molar-refractivity contribution is 4.82. The molecular formula is C16H30O2. The van der Waals surface area contributed by atoms with E-state index >= 15 is 0 Å². The molecule has 0 radical (unpaired) electrons. The van der Waals surface area contributed by atoms with Crippen LogP contribution in [0.25, 0.3) is 0 Å². The van der Waals surface area contributed by atoms with E-state index in [4.69, 9.17) is 9.47 Å². The first-order chi connectivity index (χ1) is 8.83. The average molecular weight is 254 g/mol. The Morgan fingerprint density at radius 2 is 1.50 bits per heavy atom. The van der Waals surface area contributed by atoms with E-state index in [0.717, 1.165) is 37.4 Å². The van der Waals surface area contributed by atoms with E-state index in [-0.39, 0.29) is 6.29 Å². The summed E-state index contributed by atoms with van der Waals surface area (Å²) in [5.74, 6) is 3.03. The highest BCUT2D eigenvalue weighted by Crippen LogP contribution is 2.42. The van der Waals surface area contributed by atoms with Gasteiger partial charge in [0.2, 0.25) is 0 Å². The van der Waals surface area contributed by atoms with Gasteiger partial charge in [-0.05, 0) is 43.4 Å². The van der Waals surface area contributed by atoms with Gasteiger partial charge < -0.3 is 9.47 Å². The zero-order valence-electron chi connectivity index (χ0n) is 12.2. The molecule has 2 nitrogen and oxygen atoms in total. The van der Waals surface area contributed by atoms with Crippen LogP contribution in [-0.4, -0.2) is 19.5 Å². The lowest BCUT2D eigenvalue weighted by atomic mass is 9.89. The summed E-state index contributed by atoms with van der Waals surface area (Å²) >= 11 is 0. The first-order valence-electron chi connectivity index (χ1n) is 8.06. The average Bonchev–Trinajstić information content (AvgIpc) is 3.03. The molecule has 18 heavy (non-hydrogen) atoms. The van der Waals surface area contributed by atoms with Crippen LogP contribution in [0.5, 0.6) is 0 Å². The van der Waals surface area contributed by atoms with Crippen LogP contribution in [0.3, 0.4) is 0 Å². The molecule has 0 N–H and O–H groups in total. The molecule has 2 heteroatoms. The van der Waals surface area contributed by atoms with Gasteiger partial charge in [0.1, 0.15) is 0 Å². The Kier molecular flexibility index (Phi) is 5.97. The van der Waals surface area contributed by atoms with Crippen LogP contribution in [0.2, 0.25) is 0 Å². The Hall–Kier alpha value is -0.0800. The van der Waals surface area contributed by atoms with Crippen LogP contribution < -0.4 is 0 Å². The first kappa shape index (κ1) is 14.3. The van der Waals surface area contributed by atoms with Crippen molar-refractivity contribution in [2.24, 2.45) is 17.8 Å². The van der Waals surface area contributed by atoms with E-state index in [1.54, 1.807) is 0 Å². The third-order valence-corrected chi connectivity index (χ3v) is 5.00. The van der Waals surface area contributed by atoms with Crippen molar-refractivity contribution in [2.75, 3.05) is 13.2 Å². The summed E-state index contributed by atoms with van der Waals surface area (Å²) in [6.45, 7) is 6.32. The quantitative estimate of drug-likeness (QED) is 0.628. The van der Waals surface area contributed by atoms with E-state index in [1.165, 1.54) is 44.9 Å². The second kappa shape index (κ2) is 7.49. The number of rotatable bonds is 7. The standard InChI is InChI=1S/C16H30O2/c1-3-13-11-14(4-2)15(12-13)7-5-6-8-16-17-9-10-18-16/h13-16H,3-12H2,1-2H3. The molecule has 3 atom stereocenters. The van der Waals surface area contributed by atoms with Gasteiger partial charge in [-0.2, -0.15) is 0 Å². The van der Waals surface area contributed by atoms with Gasteiger partial charge >= 0.3 is 0 Å². The largest absolute Gasteiger partial charge is 0.350 e. The summed E-state index contributed by atoms with van der Waals surface area (Å²) < 4.78 is 11.0. The second-order valence-corrected chi connectivity index (χ2v) is 6.13. The molecule has 1 saturated carbocycles. The van der Waals surface area contributed by atoms with Crippen LogP contribution in [-0.2, 0) is 9.47 Å². The Morgan fingerprint density at radius 3 is 2.17 bits per heavy atom. The Labute approximate surface area is 112 Å². The van der Waals surface area contributed by atoms with E-state index in [2.05, 4.69) is 13.8 Å². The minimum Gasteiger partial charge on any atom is -0.350 e. The third kappa shape index (κ3) is 3.96. The summed E-state index contributed by atoms with van der Waals surface area (Å²) in [6.07, 6.45) is 11.0. The van der Waals surface area contributed by atoms with Gasteiger partial charge in [-0.1, -0.05) is 39.5 Å². The number of hydrogen-bond acceptors (Lipinski definition) is 2. The van der Waals surface area contributed by atoms with Gasteiger partial charge in [-0.3, -0.25) is 0 Å². The van der Waals surface area contributed by atoms with E-state index in [0.29, 0.717) is 0 Å². The Bertz CT molecular complexity index is 223. The summed E-state index contributed by atoms with van der Waals surface area (Å²) in [6, 6.07) is 0. The second-order valence-electron chi connectivity index (χ2n) is 6.13. The maximum atomic E-state index is 5.48. The molecule has 2 aliphatic rings. The third-order valence-electron chi connectivity index (χ3n) is 5.00. The Morgan fingerprint density at radius 1 is 0.833 bits per heavy atom. The topological polar surface area (TPSA) is 18.5 Å². The van der Waals surface area contributed by atoms with Crippen LogP contribution in [0.15, 0.2) is 0 Å². The minimum absolute atomic E-state index is 0.110. The fourth-order valence-electron chi connectivity index (χ4n) is 3.82. The normalized spacial score (nSPS) is 33.3. The van der Waals surface area contributed by atoms with Crippen molar-refractivity contribution in [1.29, 1.82) is 0 Å². The van der Waals surface area contributed by atoms with E-state index in [1.807, 2.05) is 0 Å². The lowest BCUT2D eigenvalue weighted by molar-refractivity contribution is -0.0481. The van der Waals surface area contributed by atoms with Gasteiger partial charge in [0.15, 0.2) is 6.29 Å². The maximum absolute atomic E-state index is 5.48. The smallest absolute Gasteiger partial charge is 0.157 e. The molecule has 1 saturated heterocycles. The van der Waals surface area contributed by atoms with Crippen LogP contribution in [0, 0.1) is 17.8 Å². The molecule has 0 aromatic carbocycles. The van der Waals surface area contributed by atoms with Crippen molar-refractivity contribution < 1.29 is 9.47 Å². The number of unbranched alkanes of at least 4 members (excludes halogenated alkanes) is 1. The summed E-state index contributed by atoms with van der Waals surface area (Å²) in [4.78, 5) is 0. The zero-order chi connectivity index (χ0) is 12.8. The van der Waals surface area contributed by atoms with Gasteiger partial charge in [-0.25, -0.2) is 0 Å². The molecule has 0 aromatic rings. The monoisotopic (exact) mass is 254 g/mol. The molecule has 0 spiro atoms. The highest BCUT2D eigenvalue weighted by atomic mass is 16.7. The van der Waals surface area contributed by atoms with Crippen LogP contribution in [0.1, 0.15) is 65.2 Å². The minimum atomic E-state index is 0.110. The van der Waals surface area contributed by atoms with Crippen molar-refractivity contribution in [3.05, 3.63) is 0 Å². The van der Waals surface area contributed by atoms with Crippen molar-refractivity contribution in [1.82, 2.24) is 0 Å². The molecule has 1 heterocycles. The molecule has 2 rings (SSSR count). The maximum Gasteiger partial charge on any atom is 0.157 e. The zero-order valence-corrected chi connectivity index (χ0v) is 12.2. The summed E-state index contributed by atoms with van der Waals surface area (Å²) in [7, 11) is 0. The summed E-state index contributed by atoms with van der Waals surface area (Å²) in [5, 5.41) is 0. The van der Waals surface area contributed by atoms with Crippen molar-refractivity contribution in [2.45, 2.75) is 71.5 Å². The van der Waals surface area contributed by atoms with E-state index < -0.39 is 0 Å². The SMILES string of the molecule is CCC1CC(CC)C(CCCCC2OCCO2)C1. The highest BCUT2D eigenvalue weighted by Gasteiger charge is 2.31. The Balaban J connectivity index is 1.60. The molecule has 0 bridgehead atoms. The van der Waals surface area contributed by atoms with Crippen LogP contribution in [0.4, 0.5) is 0 Å². The molecule has 1 aliphatic heterocycles. The van der Waals surface area contributed by atoms with Gasteiger partial charge in [0.05, 0.1) is 13.2 Å². The molecule has 106 valence electrons. The van der Waals surface area contributed by atoms with Gasteiger partial charge in [-0.15, -0.1) is 0 Å². The van der Waals surface area contributed by atoms with Crippen LogP contribution >= 0.6 is 0 Å². The van der Waals surface area contributed by atoms with Crippen molar-refractivity contribution in [3.8, 4) is 0 Å². The fraction of sp³-hybridized carbons (Fsp3) is 1.00. The van der Waals surface area contributed by atoms with Crippen molar-refractivity contribution >= 4 is 0 Å². The number of hydrogen-bond donors (Lipinski definition) is 0. The summed E-state index contributed by atoms with van der Waals surface area (Å²) in [5.41, 5.74) is 0. The molecular weight excluding hydrogens is 224 g/mol. The van der Waals surface area contributed by atoms with Gasteiger partial charge in [0.25, 0.3) is 0 Å². The lowest BCUT2D eigenvalue weighted by Crippen LogP contribution is -2.09. The molecule has 0 amide bonds. The molecule has 2 fully saturated rings. The van der Waals surface area contributed by atoms with Crippen molar-refractivity contribution in [3.63, 3.8) is 0 Å². The fourth-order valence-corrected chi connectivity index (χ4v) is 3.82. The van der Waals surface area contributed by atoms with E-state index in [9.17, 15) is 0 Å². The molecule has 3 unspecified atom stereocenters. The predicted molar refractivity (Wildman–Crippen MR) is 74.4 cm³/mol. The molecule has 1 aliphatic carbocycles. The predicted octanol–water partition coefficient (Wildman–Crippen LogP) is 4.38. The molecule has 0 aromatic heterocycles. The lowest BCUT2D eigenvalue weighted by Gasteiger charge is -2.17. The number of ether oxygens (including phenoxy) is 2. The first-order valence-corrected chi connectivity index (χ1v) is 8.06.